The van der Waals surface area contributed by atoms with Gasteiger partial charge in [-0.2, -0.15) is 5.26 Å². The molecule has 28 heavy (non-hydrogen) atoms. The fraction of sp³-hybridized carbons (Fsp3) is 0.450. The summed E-state index contributed by atoms with van der Waals surface area (Å²) in [5, 5.41) is 10.1. The Hall–Kier alpha value is -1.59. The minimum Gasteiger partial charge on any atom is -0.339 e. The van der Waals surface area contributed by atoms with E-state index in [-0.39, 0.29) is 5.91 Å². The maximum atomic E-state index is 12.6. The largest absolute Gasteiger partial charge is 0.339 e. The first-order chi connectivity index (χ1) is 13.4. The molecule has 1 amide bonds. The van der Waals surface area contributed by atoms with Gasteiger partial charge in [-0.25, -0.2) is 4.98 Å². The van der Waals surface area contributed by atoms with Crippen molar-refractivity contribution >= 4 is 40.6 Å². The van der Waals surface area contributed by atoms with Gasteiger partial charge >= 0.3 is 0 Å². The lowest BCUT2D eigenvalue weighted by Crippen LogP contribution is -2.48. The van der Waals surface area contributed by atoms with Crippen molar-refractivity contribution in [1.29, 1.82) is 5.26 Å². The normalized spacial score (nSPS) is 14.9. The maximum Gasteiger partial charge on any atom is 0.233 e. The minimum atomic E-state index is 0.102. The Morgan fingerprint density at radius 1 is 1.25 bits per heavy atom. The number of nitriles is 1. The summed E-state index contributed by atoms with van der Waals surface area (Å²) in [6.45, 7) is 9.90. The van der Waals surface area contributed by atoms with Crippen LogP contribution in [0, 0.1) is 32.1 Å². The lowest BCUT2D eigenvalue weighted by atomic mass is 10.1. The summed E-state index contributed by atoms with van der Waals surface area (Å²) in [6, 6.07) is 6.23. The molecule has 5 nitrogen and oxygen atoms in total. The van der Waals surface area contributed by atoms with E-state index in [0.717, 1.165) is 53.9 Å². The van der Waals surface area contributed by atoms with Crippen LogP contribution in [0.15, 0.2) is 17.2 Å². The molecule has 0 unspecified atom stereocenters. The molecular formula is C20H23ClN4OS2. The molecule has 2 aromatic rings. The van der Waals surface area contributed by atoms with Gasteiger partial charge in [0.1, 0.15) is 11.1 Å². The summed E-state index contributed by atoms with van der Waals surface area (Å²) in [6.07, 6.45) is 0. The number of halogens is 1. The monoisotopic (exact) mass is 434 g/mol. The molecule has 0 bridgehead atoms. The molecule has 1 saturated heterocycles. The van der Waals surface area contributed by atoms with Crippen molar-refractivity contribution in [2.75, 3.05) is 31.9 Å². The average Bonchev–Trinajstić information content (AvgIpc) is 3.09. The first-order valence-electron chi connectivity index (χ1n) is 9.14. The van der Waals surface area contributed by atoms with Gasteiger partial charge in [0, 0.05) is 43.3 Å². The molecule has 0 aliphatic carbocycles. The number of amides is 1. The van der Waals surface area contributed by atoms with Gasteiger partial charge in [0.15, 0.2) is 0 Å². The fourth-order valence-corrected chi connectivity index (χ4v) is 5.30. The first kappa shape index (κ1) is 21.1. The number of aryl methyl sites for hydroxylation is 1. The Labute approximate surface area is 179 Å². The predicted molar refractivity (Wildman–Crippen MR) is 115 cm³/mol. The van der Waals surface area contributed by atoms with E-state index in [1.165, 1.54) is 16.6 Å². The Kier molecular flexibility index (Phi) is 7.00. The second-order valence-electron chi connectivity index (χ2n) is 6.89. The molecule has 1 fully saturated rings. The minimum absolute atomic E-state index is 0.102. The number of pyridine rings is 1. The predicted octanol–water partition coefficient (Wildman–Crippen LogP) is 4.03. The summed E-state index contributed by atoms with van der Waals surface area (Å²) >= 11 is 8.97. The van der Waals surface area contributed by atoms with Gasteiger partial charge in [-0.05, 0) is 44.0 Å². The second-order valence-corrected chi connectivity index (χ2v) is 9.65. The second kappa shape index (κ2) is 9.27. The summed E-state index contributed by atoms with van der Waals surface area (Å²) in [5.74, 6) is 0.412. The highest BCUT2D eigenvalue weighted by atomic mass is 35.5. The van der Waals surface area contributed by atoms with Crippen LogP contribution < -0.4 is 0 Å². The molecule has 0 N–H and O–H groups in total. The zero-order valence-corrected chi connectivity index (χ0v) is 18.7. The molecule has 148 valence electrons. The number of hydrogen-bond donors (Lipinski definition) is 0. The fourth-order valence-electron chi connectivity index (χ4n) is 3.18. The quantitative estimate of drug-likeness (QED) is 0.665. The van der Waals surface area contributed by atoms with Crippen molar-refractivity contribution in [2.24, 2.45) is 0 Å². The lowest BCUT2D eigenvalue weighted by molar-refractivity contribution is -0.130. The van der Waals surface area contributed by atoms with E-state index in [2.05, 4.69) is 22.0 Å². The van der Waals surface area contributed by atoms with Gasteiger partial charge < -0.3 is 4.90 Å². The Morgan fingerprint density at radius 3 is 2.57 bits per heavy atom. The molecule has 0 aromatic carbocycles. The van der Waals surface area contributed by atoms with E-state index in [0.29, 0.717) is 16.3 Å². The van der Waals surface area contributed by atoms with Gasteiger partial charge in [-0.15, -0.1) is 11.3 Å². The topological polar surface area (TPSA) is 60.2 Å². The molecule has 8 heteroatoms. The molecule has 0 radical (unpaired) electrons. The number of nitrogens with zero attached hydrogens (tertiary/aromatic N) is 4. The molecule has 1 aliphatic heterocycles. The van der Waals surface area contributed by atoms with Crippen LogP contribution in [0.25, 0.3) is 0 Å². The number of thioether (sulfide) groups is 1. The smallest absolute Gasteiger partial charge is 0.233 e. The molecule has 2 aromatic heterocycles. The van der Waals surface area contributed by atoms with Crippen LogP contribution in [0.4, 0.5) is 0 Å². The number of piperazine rings is 1. The van der Waals surface area contributed by atoms with Gasteiger partial charge in [0.25, 0.3) is 0 Å². The number of thiophene rings is 1. The van der Waals surface area contributed by atoms with E-state index in [1.807, 2.05) is 31.7 Å². The lowest BCUT2D eigenvalue weighted by Gasteiger charge is -2.34. The number of carbonyl (C=O) groups excluding carboxylic acids is 1. The average molecular weight is 435 g/mol. The zero-order chi connectivity index (χ0) is 20.3. The van der Waals surface area contributed by atoms with Crippen LogP contribution >= 0.6 is 34.7 Å². The van der Waals surface area contributed by atoms with Crippen LogP contribution in [0.2, 0.25) is 4.34 Å². The van der Waals surface area contributed by atoms with E-state index >= 15 is 0 Å². The summed E-state index contributed by atoms with van der Waals surface area (Å²) in [7, 11) is 0. The van der Waals surface area contributed by atoms with E-state index in [4.69, 9.17) is 11.6 Å². The van der Waals surface area contributed by atoms with Crippen molar-refractivity contribution in [3.63, 3.8) is 0 Å². The van der Waals surface area contributed by atoms with Gasteiger partial charge in [0.2, 0.25) is 5.91 Å². The number of hydrogen-bond acceptors (Lipinski definition) is 6. The molecule has 3 rings (SSSR count). The highest BCUT2D eigenvalue weighted by Gasteiger charge is 2.22. The van der Waals surface area contributed by atoms with E-state index in [1.54, 1.807) is 11.3 Å². The zero-order valence-electron chi connectivity index (χ0n) is 16.3. The van der Waals surface area contributed by atoms with Crippen molar-refractivity contribution in [1.82, 2.24) is 14.8 Å². The highest BCUT2D eigenvalue weighted by Crippen LogP contribution is 2.27. The maximum absolute atomic E-state index is 12.6. The van der Waals surface area contributed by atoms with Crippen molar-refractivity contribution in [2.45, 2.75) is 32.3 Å². The van der Waals surface area contributed by atoms with Crippen LogP contribution in [-0.4, -0.2) is 52.6 Å². The third kappa shape index (κ3) is 4.87. The summed E-state index contributed by atoms with van der Waals surface area (Å²) < 4.78 is 0.813. The number of aromatic nitrogens is 1. The van der Waals surface area contributed by atoms with Crippen LogP contribution in [0.3, 0.4) is 0 Å². The molecule has 0 spiro atoms. The third-order valence-corrected chi connectivity index (χ3v) is 7.32. The van der Waals surface area contributed by atoms with Crippen LogP contribution in [0.1, 0.15) is 27.3 Å². The Bertz CT molecular complexity index is 914. The van der Waals surface area contributed by atoms with Gasteiger partial charge in [-0.3, -0.25) is 9.69 Å². The molecular weight excluding hydrogens is 412 g/mol. The summed E-state index contributed by atoms with van der Waals surface area (Å²) in [4.78, 5) is 22.7. The highest BCUT2D eigenvalue weighted by molar-refractivity contribution is 8.00. The van der Waals surface area contributed by atoms with Crippen LogP contribution in [-0.2, 0) is 11.3 Å². The number of rotatable bonds is 5. The number of carbonyl (C=O) groups is 1. The van der Waals surface area contributed by atoms with Crippen molar-refractivity contribution in [3.8, 4) is 6.07 Å². The van der Waals surface area contributed by atoms with Gasteiger partial charge in [0.05, 0.1) is 15.7 Å². The summed E-state index contributed by atoms with van der Waals surface area (Å²) in [5.41, 5.74) is 3.48. The molecule has 3 heterocycles. The van der Waals surface area contributed by atoms with E-state index < -0.39 is 0 Å². The molecule has 0 saturated carbocycles. The first-order valence-corrected chi connectivity index (χ1v) is 11.3. The molecule has 1 aliphatic rings. The third-order valence-electron chi connectivity index (χ3n) is 5.14. The molecule has 0 atom stereocenters. The van der Waals surface area contributed by atoms with Crippen molar-refractivity contribution in [3.05, 3.63) is 43.7 Å². The Morgan fingerprint density at radius 2 is 1.96 bits per heavy atom. The Balaban J connectivity index is 1.53. The van der Waals surface area contributed by atoms with Crippen LogP contribution in [0.5, 0.6) is 0 Å². The SMILES string of the molecule is Cc1nc(SCC(=O)N2CCN(Cc3ccc(Cl)s3)CC2)c(C#N)c(C)c1C. The van der Waals surface area contributed by atoms with Crippen molar-refractivity contribution < 1.29 is 4.79 Å². The standard InChI is InChI=1S/C20H23ClN4OS2/c1-13-14(2)17(10-22)20(23-15(13)3)27-12-19(26)25-8-6-24(7-9-25)11-16-4-5-18(21)28-16/h4-5H,6-9,11-12H2,1-3H3. The van der Waals surface area contributed by atoms with Gasteiger partial charge in [-0.1, -0.05) is 23.4 Å². The van der Waals surface area contributed by atoms with E-state index in [9.17, 15) is 10.1 Å².